The van der Waals surface area contributed by atoms with Gasteiger partial charge in [-0.05, 0) is 40.5 Å². The summed E-state index contributed by atoms with van der Waals surface area (Å²) in [6.45, 7) is 0. The van der Waals surface area contributed by atoms with E-state index in [1.54, 1.807) is 0 Å². The Morgan fingerprint density at radius 1 is 0.649 bits per heavy atom. The Labute approximate surface area is 213 Å². The zero-order valence-electron chi connectivity index (χ0n) is 20.1. The lowest BCUT2D eigenvalue weighted by atomic mass is 9.95. The Morgan fingerprint density at radius 2 is 1.35 bits per heavy atom. The Bertz CT molecular complexity index is 2010. The topological polar surface area (TPSA) is 38.9 Å². The molecule has 0 saturated carbocycles. The lowest BCUT2D eigenvalue weighted by Gasteiger charge is -2.13. The third kappa shape index (κ3) is 3.07. The normalized spacial score (nSPS) is 13.1. The molecule has 0 fully saturated rings. The lowest BCUT2D eigenvalue weighted by Crippen LogP contribution is -1.94. The van der Waals surface area contributed by atoms with E-state index in [9.17, 15) is 0 Å². The summed E-state index contributed by atoms with van der Waals surface area (Å²) in [6.07, 6.45) is 8.35. The molecular formula is C34H22N2O. The van der Waals surface area contributed by atoms with Crippen LogP contribution >= 0.6 is 0 Å². The fraction of sp³-hybridized carbons (Fsp3) is 0.0588. The molecule has 7 aromatic rings. The van der Waals surface area contributed by atoms with E-state index < -0.39 is 0 Å². The van der Waals surface area contributed by atoms with Gasteiger partial charge in [0.25, 0.3) is 0 Å². The Balaban J connectivity index is 1.36. The number of allylic oxidation sites excluding steroid dienone is 1. The number of hydrogen-bond donors (Lipinski definition) is 0. The number of aromatic nitrogens is 2. The van der Waals surface area contributed by atoms with Gasteiger partial charge in [0.05, 0.1) is 22.9 Å². The zero-order valence-corrected chi connectivity index (χ0v) is 20.1. The van der Waals surface area contributed by atoms with E-state index in [-0.39, 0.29) is 0 Å². The van der Waals surface area contributed by atoms with Gasteiger partial charge in [-0.3, -0.25) is 4.98 Å². The maximum atomic E-state index is 6.15. The molecule has 0 unspecified atom stereocenters. The molecular weight excluding hydrogens is 452 g/mol. The van der Waals surface area contributed by atoms with Crippen LogP contribution in [0.3, 0.4) is 0 Å². The molecule has 2 heterocycles. The maximum Gasteiger partial charge on any atom is 0.134 e. The van der Waals surface area contributed by atoms with Gasteiger partial charge < -0.3 is 4.42 Å². The smallest absolute Gasteiger partial charge is 0.134 e. The number of fused-ring (bicyclic) bond motifs is 9. The van der Waals surface area contributed by atoms with Crippen molar-refractivity contribution >= 4 is 49.6 Å². The van der Waals surface area contributed by atoms with Crippen molar-refractivity contribution in [3.63, 3.8) is 0 Å². The third-order valence-corrected chi connectivity index (χ3v) is 7.57. The number of furan rings is 1. The summed E-state index contributed by atoms with van der Waals surface area (Å²) >= 11 is 0. The van der Waals surface area contributed by atoms with Crippen LogP contribution in [0.2, 0.25) is 0 Å². The summed E-state index contributed by atoms with van der Waals surface area (Å²) in [6, 6.07) is 31.9. The van der Waals surface area contributed by atoms with E-state index >= 15 is 0 Å². The van der Waals surface area contributed by atoms with Gasteiger partial charge in [-0.25, -0.2) is 4.98 Å². The van der Waals surface area contributed by atoms with Crippen LogP contribution in [0.25, 0.3) is 72.0 Å². The van der Waals surface area contributed by atoms with Crippen LogP contribution in [-0.2, 0) is 6.42 Å². The van der Waals surface area contributed by atoms with E-state index in [0.29, 0.717) is 0 Å². The largest absolute Gasteiger partial charge is 0.460 e. The van der Waals surface area contributed by atoms with Gasteiger partial charge in [0.2, 0.25) is 0 Å². The predicted octanol–water partition coefficient (Wildman–Crippen LogP) is 8.98. The summed E-state index contributed by atoms with van der Waals surface area (Å²) in [7, 11) is 0. The first kappa shape index (κ1) is 20.4. The predicted molar refractivity (Wildman–Crippen MR) is 153 cm³/mol. The number of aryl methyl sites for hydroxylation is 1. The number of rotatable bonds is 2. The highest BCUT2D eigenvalue weighted by Crippen LogP contribution is 2.38. The quantitative estimate of drug-likeness (QED) is 0.235. The van der Waals surface area contributed by atoms with E-state index in [2.05, 4.69) is 103 Å². The van der Waals surface area contributed by atoms with Gasteiger partial charge in [0.1, 0.15) is 11.3 Å². The highest BCUT2D eigenvalue weighted by molar-refractivity contribution is 6.23. The van der Waals surface area contributed by atoms with Gasteiger partial charge in [-0.15, -0.1) is 0 Å². The average Bonchev–Trinajstić information content (AvgIpc) is 3.35. The van der Waals surface area contributed by atoms with E-state index in [1.165, 1.54) is 21.7 Å². The first-order chi connectivity index (χ1) is 18.3. The third-order valence-electron chi connectivity index (χ3n) is 7.57. The minimum atomic E-state index is 0.873. The molecule has 5 aromatic carbocycles. The number of hydrogen-bond acceptors (Lipinski definition) is 3. The van der Waals surface area contributed by atoms with Gasteiger partial charge in [0, 0.05) is 33.7 Å². The first-order valence-corrected chi connectivity index (χ1v) is 12.7. The summed E-state index contributed by atoms with van der Waals surface area (Å²) in [5.74, 6) is 1.09. The van der Waals surface area contributed by atoms with Gasteiger partial charge >= 0.3 is 0 Å². The summed E-state index contributed by atoms with van der Waals surface area (Å²) in [4.78, 5) is 10.2. The van der Waals surface area contributed by atoms with Crippen molar-refractivity contribution in [2.75, 3.05) is 0 Å². The molecule has 1 aliphatic rings. The Kier molecular flexibility index (Phi) is 4.35. The van der Waals surface area contributed by atoms with Crippen molar-refractivity contribution in [3.8, 4) is 22.4 Å². The molecule has 2 aromatic heterocycles. The van der Waals surface area contributed by atoms with Gasteiger partial charge in [-0.1, -0.05) is 91.0 Å². The van der Waals surface area contributed by atoms with Gasteiger partial charge in [-0.2, -0.15) is 0 Å². The average molecular weight is 475 g/mol. The van der Waals surface area contributed by atoms with E-state index in [0.717, 1.165) is 68.4 Å². The lowest BCUT2D eigenvalue weighted by molar-refractivity contribution is 0.546. The summed E-state index contributed by atoms with van der Waals surface area (Å²) < 4.78 is 6.15. The fourth-order valence-corrected chi connectivity index (χ4v) is 5.83. The Hall–Kier alpha value is -4.76. The highest BCUT2D eigenvalue weighted by atomic mass is 16.3. The monoisotopic (exact) mass is 474 g/mol. The minimum Gasteiger partial charge on any atom is -0.460 e. The summed E-state index contributed by atoms with van der Waals surface area (Å²) in [5, 5.41) is 5.83. The Morgan fingerprint density at radius 3 is 2.16 bits per heavy atom. The first-order valence-electron chi connectivity index (χ1n) is 12.7. The van der Waals surface area contributed by atoms with Crippen molar-refractivity contribution in [1.29, 1.82) is 0 Å². The molecule has 0 amide bonds. The molecule has 1 aliphatic carbocycles. The highest BCUT2D eigenvalue weighted by Gasteiger charge is 2.17. The second-order valence-corrected chi connectivity index (χ2v) is 9.68. The molecule has 8 rings (SSSR count). The maximum absolute atomic E-state index is 6.15. The van der Waals surface area contributed by atoms with Crippen LogP contribution in [0, 0.1) is 0 Å². The zero-order chi connectivity index (χ0) is 24.3. The molecule has 0 N–H and O–H groups in total. The molecule has 0 atom stereocenters. The van der Waals surface area contributed by atoms with Gasteiger partial charge in [0.15, 0.2) is 0 Å². The molecule has 3 nitrogen and oxygen atoms in total. The molecule has 37 heavy (non-hydrogen) atoms. The van der Waals surface area contributed by atoms with Crippen molar-refractivity contribution in [1.82, 2.24) is 9.97 Å². The van der Waals surface area contributed by atoms with Crippen molar-refractivity contribution < 1.29 is 4.42 Å². The van der Waals surface area contributed by atoms with Crippen LogP contribution < -0.4 is 0 Å². The molecule has 0 saturated heterocycles. The van der Waals surface area contributed by atoms with Crippen LogP contribution in [0.4, 0.5) is 0 Å². The van der Waals surface area contributed by atoms with E-state index in [1.807, 2.05) is 6.20 Å². The second-order valence-electron chi connectivity index (χ2n) is 9.68. The van der Waals surface area contributed by atoms with E-state index in [4.69, 9.17) is 14.4 Å². The molecule has 0 spiro atoms. The second kappa shape index (κ2) is 7.87. The molecule has 0 radical (unpaired) electrons. The minimum absolute atomic E-state index is 0.873. The SMILES string of the molecule is C1=Cc2c(oc3ccc(-c4ccccc4-c4cnc5c6ccccc6c6ccccc6c5n4)cc23)CC1. The molecule has 0 bridgehead atoms. The summed E-state index contributed by atoms with van der Waals surface area (Å²) in [5.41, 5.74) is 8.26. The van der Waals surface area contributed by atoms with Crippen LogP contribution in [0.15, 0.2) is 108 Å². The van der Waals surface area contributed by atoms with Crippen molar-refractivity contribution in [3.05, 3.63) is 115 Å². The van der Waals surface area contributed by atoms with Crippen LogP contribution in [0.1, 0.15) is 17.7 Å². The van der Waals surface area contributed by atoms with Crippen molar-refractivity contribution in [2.24, 2.45) is 0 Å². The molecule has 3 heteroatoms. The molecule has 0 aliphatic heterocycles. The van der Waals surface area contributed by atoms with Crippen molar-refractivity contribution in [2.45, 2.75) is 12.8 Å². The van der Waals surface area contributed by atoms with Crippen LogP contribution in [-0.4, -0.2) is 9.97 Å². The van der Waals surface area contributed by atoms with Crippen LogP contribution in [0.5, 0.6) is 0 Å². The standard InChI is InChI=1S/C34H22N2O/c1-4-12-25(22(9-1)21-17-18-32-29(19-21)26-13-7-8-16-31(26)37-32)30-20-35-33-27-14-5-2-10-23(27)24-11-3-6-15-28(24)34(33)36-30/h1-7,9-15,17-20H,8,16H2. The number of nitrogens with zero attached hydrogens (tertiary/aromatic N) is 2. The fourth-order valence-electron chi connectivity index (χ4n) is 5.83. The molecule has 174 valence electrons. The number of benzene rings is 5.